The van der Waals surface area contributed by atoms with Crippen LogP contribution in [0.15, 0.2) is 34.9 Å². The minimum Gasteiger partial charge on any atom is -0.396 e. The second-order valence-electron chi connectivity index (χ2n) is 15.7. The summed E-state index contributed by atoms with van der Waals surface area (Å²) >= 11 is 0. The summed E-state index contributed by atoms with van der Waals surface area (Å²) in [6.45, 7) is -0.261. The van der Waals surface area contributed by atoms with Crippen molar-refractivity contribution in [3.63, 3.8) is 0 Å². The molecule has 67 heavy (non-hydrogen) atoms. The number of carbonyl (C=O) groups excluding carboxylic acids is 9. The molecule has 26 nitrogen and oxygen atoms in total. The minimum absolute atomic E-state index is 0.140. The van der Waals surface area contributed by atoms with E-state index >= 15 is 0 Å². The molecular weight excluding hydrogens is 890 g/mol. The molecule has 1 aliphatic heterocycles. The molecule has 0 saturated carbocycles. The highest BCUT2D eigenvalue weighted by atomic mass is 16.5. The van der Waals surface area contributed by atoms with Crippen LogP contribution in [0.3, 0.4) is 0 Å². The third kappa shape index (κ3) is 22.9. The molecular formula is C41H67N9O17. The molecule has 0 spiro atoms. The zero-order valence-corrected chi connectivity index (χ0v) is 37.9. The van der Waals surface area contributed by atoms with Crippen molar-refractivity contribution in [2.24, 2.45) is 0 Å². The summed E-state index contributed by atoms with van der Waals surface area (Å²) in [5, 5.41) is 93.2. The third-order valence-corrected chi connectivity index (χ3v) is 9.95. The summed E-state index contributed by atoms with van der Waals surface area (Å²) in [6, 6.07) is -8.34. The van der Waals surface area contributed by atoms with Crippen LogP contribution in [0.2, 0.25) is 0 Å². The van der Waals surface area contributed by atoms with Gasteiger partial charge in [-0.3, -0.25) is 58.8 Å². The zero-order valence-electron chi connectivity index (χ0n) is 37.9. The molecule has 5 atom stereocenters. The summed E-state index contributed by atoms with van der Waals surface area (Å²) in [7, 11) is 0. The number of hydrogen-bond donors (Lipinski definition) is 14. The number of aliphatic hydroxyl groups excluding tert-OH is 5. The van der Waals surface area contributed by atoms with Crippen molar-refractivity contribution in [1.29, 1.82) is 0 Å². The first-order valence-electron chi connectivity index (χ1n) is 21.6. The van der Waals surface area contributed by atoms with E-state index in [0.29, 0.717) is 31.9 Å². The second-order valence-corrected chi connectivity index (χ2v) is 15.7. The van der Waals surface area contributed by atoms with Crippen LogP contribution in [-0.2, 0) is 43.2 Å². The van der Waals surface area contributed by atoms with Crippen LogP contribution in [0.4, 0.5) is 0 Å². The van der Waals surface area contributed by atoms with Gasteiger partial charge in [0, 0.05) is 57.7 Å². The Morgan fingerprint density at radius 3 is 1.07 bits per heavy atom. The van der Waals surface area contributed by atoms with Crippen molar-refractivity contribution in [3.05, 3.63) is 34.9 Å². The third-order valence-electron chi connectivity index (χ3n) is 9.95. The summed E-state index contributed by atoms with van der Waals surface area (Å²) in [5.74, 6) is -9.06. The van der Waals surface area contributed by atoms with Gasteiger partial charge in [0.2, 0.25) is 35.4 Å². The highest BCUT2D eigenvalue weighted by molar-refractivity contribution is 5.97. The molecule has 0 radical (unpaired) electrons. The summed E-state index contributed by atoms with van der Waals surface area (Å²) < 4.78 is 0. The molecule has 5 unspecified atom stereocenters. The zero-order chi connectivity index (χ0) is 50.6. The largest absolute Gasteiger partial charge is 0.396 e. The molecule has 1 aliphatic rings. The van der Waals surface area contributed by atoms with Gasteiger partial charge in [-0.1, -0.05) is 16.7 Å². The molecule has 0 aromatic carbocycles. The number of nitrogens with one attached hydrogen (secondary N) is 6. The summed E-state index contributed by atoms with van der Waals surface area (Å²) in [6.07, 6.45) is 2.08. The number of hydroxylamine groups is 6. The molecule has 1 heterocycles. The summed E-state index contributed by atoms with van der Waals surface area (Å²) in [4.78, 5) is 119. The molecule has 1 rings (SSSR count). The van der Waals surface area contributed by atoms with E-state index in [1.165, 1.54) is 0 Å². The van der Waals surface area contributed by atoms with Crippen molar-refractivity contribution in [2.45, 2.75) is 109 Å². The van der Waals surface area contributed by atoms with E-state index in [2.05, 4.69) is 31.9 Å². The fraction of sp³-hybridized carbons (Fsp3) is 0.634. The Morgan fingerprint density at radius 1 is 0.478 bits per heavy atom. The maximum Gasteiger partial charge on any atom is 0.269 e. The predicted octanol–water partition coefficient (Wildman–Crippen LogP) is -4.50. The fourth-order valence-electron chi connectivity index (χ4n) is 6.09. The van der Waals surface area contributed by atoms with E-state index < -0.39 is 116 Å². The Balaban J connectivity index is 3.69. The Labute approximate surface area is 387 Å². The lowest BCUT2D eigenvalue weighted by atomic mass is 10.0. The molecule has 1 fully saturated rings. The SMILES string of the molecule is C/C(=C\C(=O)N(O)CCCC1NC(=O)CNC(=O)C(CO)NC(=O)C(CO)NC(=O)C(CCCN(O)C(=O)/C=C(\C)CCO)NC(=O)C(CCCN(O)C(=O)/C=C(\C)CCO)NC1=O)CCO. The van der Waals surface area contributed by atoms with E-state index in [1.807, 2.05) is 0 Å². The van der Waals surface area contributed by atoms with Crippen molar-refractivity contribution in [2.75, 3.05) is 59.2 Å². The Kier molecular flexibility index (Phi) is 28.2. The summed E-state index contributed by atoms with van der Waals surface area (Å²) in [5.41, 5.74) is 1.34. The van der Waals surface area contributed by atoms with Crippen LogP contribution in [0.25, 0.3) is 0 Å². The molecule has 26 heteroatoms. The van der Waals surface area contributed by atoms with Crippen molar-refractivity contribution >= 4 is 53.2 Å². The topological polar surface area (TPSA) is 397 Å². The molecule has 9 amide bonds. The number of hydrogen-bond acceptors (Lipinski definition) is 17. The monoisotopic (exact) mass is 957 g/mol. The van der Waals surface area contributed by atoms with Crippen molar-refractivity contribution in [3.8, 4) is 0 Å². The quantitative estimate of drug-likeness (QED) is 0.0261. The van der Waals surface area contributed by atoms with Crippen molar-refractivity contribution in [1.82, 2.24) is 47.1 Å². The number of nitrogens with zero attached hydrogens (tertiary/aromatic N) is 3. The van der Waals surface area contributed by atoms with Crippen LogP contribution in [-0.4, -0.2) is 199 Å². The second kappa shape index (κ2) is 31.9. The Bertz CT molecular complexity index is 1790. The minimum atomic E-state index is -1.79. The van der Waals surface area contributed by atoms with E-state index in [0.717, 1.165) is 18.2 Å². The lowest BCUT2D eigenvalue weighted by Crippen LogP contribution is -2.61. The maximum absolute atomic E-state index is 14.1. The van der Waals surface area contributed by atoms with Crippen LogP contribution < -0.4 is 31.9 Å². The maximum atomic E-state index is 14.1. The van der Waals surface area contributed by atoms with Crippen LogP contribution in [0.1, 0.15) is 78.6 Å². The first-order valence-corrected chi connectivity index (χ1v) is 21.6. The smallest absolute Gasteiger partial charge is 0.269 e. The standard InChI is InChI=1S/C41H67N9O17/c1-25(10-16-51)19-34(57)48(65)13-4-7-28-38(61)44-29(8-5-14-49(66)35(58)20-26(2)11-17-52)39(62)45-30(9-6-15-50(67)36(59)21-27(3)12-18-53)40(63)47-32(24-55)41(64)46-31(23-54)37(60)42-22-33(56)43-28/h19-21,28-32,51-55,65-67H,4-18,22-24H2,1-3H3,(H,42,60)(H,43,56)(H,44,61)(H,45,62)(H,46,64)(H,47,63)/b25-19+,26-20+,27-21+. The predicted molar refractivity (Wildman–Crippen MR) is 231 cm³/mol. The van der Waals surface area contributed by atoms with E-state index in [-0.39, 0.29) is 84.2 Å². The number of aliphatic hydroxyl groups is 5. The van der Waals surface area contributed by atoms with E-state index in [4.69, 9.17) is 15.3 Å². The molecule has 14 N–H and O–H groups in total. The van der Waals surface area contributed by atoms with E-state index in [9.17, 15) is 69.0 Å². The highest BCUT2D eigenvalue weighted by Crippen LogP contribution is 2.10. The van der Waals surface area contributed by atoms with Gasteiger partial charge in [-0.15, -0.1) is 0 Å². The average molecular weight is 958 g/mol. The van der Waals surface area contributed by atoms with Gasteiger partial charge in [-0.25, -0.2) is 15.2 Å². The first-order chi connectivity index (χ1) is 31.7. The fourth-order valence-corrected chi connectivity index (χ4v) is 6.09. The normalized spacial score (nSPS) is 20.8. The molecule has 0 bridgehead atoms. The molecule has 0 aliphatic carbocycles. The lowest BCUT2D eigenvalue weighted by molar-refractivity contribution is -0.160. The van der Waals surface area contributed by atoms with Crippen molar-refractivity contribution < 1.29 is 84.3 Å². The van der Waals surface area contributed by atoms with Gasteiger partial charge in [-0.05, 0) is 78.6 Å². The van der Waals surface area contributed by atoms with Gasteiger partial charge in [-0.2, -0.15) is 0 Å². The van der Waals surface area contributed by atoms with Gasteiger partial charge >= 0.3 is 0 Å². The van der Waals surface area contributed by atoms with Gasteiger partial charge in [0.25, 0.3) is 17.7 Å². The van der Waals surface area contributed by atoms with Crippen LogP contribution in [0, 0.1) is 0 Å². The van der Waals surface area contributed by atoms with Crippen LogP contribution >= 0.6 is 0 Å². The molecule has 0 aromatic heterocycles. The van der Waals surface area contributed by atoms with E-state index in [1.54, 1.807) is 20.8 Å². The molecule has 0 aromatic rings. The van der Waals surface area contributed by atoms with Gasteiger partial charge in [0.15, 0.2) is 0 Å². The first kappa shape index (κ1) is 59.1. The molecule has 378 valence electrons. The molecule has 1 saturated heterocycles. The van der Waals surface area contributed by atoms with Gasteiger partial charge < -0.3 is 57.4 Å². The number of rotatable bonds is 23. The Morgan fingerprint density at radius 2 is 0.761 bits per heavy atom. The Hall–Kier alpha value is -5.87. The van der Waals surface area contributed by atoms with Gasteiger partial charge in [0.1, 0.15) is 30.2 Å². The van der Waals surface area contributed by atoms with Crippen LogP contribution in [0.5, 0.6) is 0 Å². The van der Waals surface area contributed by atoms with Gasteiger partial charge in [0.05, 0.1) is 19.8 Å². The highest BCUT2D eigenvalue weighted by Gasteiger charge is 2.33. The number of carbonyl (C=O) groups is 9. The number of amides is 9. The average Bonchev–Trinajstić information content (AvgIpc) is 3.27. The lowest BCUT2D eigenvalue weighted by Gasteiger charge is -2.28.